The van der Waals surface area contributed by atoms with Gasteiger partial charge in [-0.15, -0.1) is 0 Å². The second kappa shape index (κ2) is 6.79. The van der Waals surface area contributed by atoms with Gasteiger partial charge in [-0.25, -0.2) is 0 Å². The van der Waals surface area contributed by atoms with E-state index in [2.05, 4.69) is 22.3 Å². The summed E-state index contributed by atoms with van der Waals surface area (Å²) >= 11 is 0. The molecule has 0 aliphatic carbocycles. The van der Waals surface area contributed by atoms with Gasteiger partial charge in [-0.1, -0.05) is 24.3 Å². The standard InChI is InChI=1S/C18H24N2O2/c1-12-13(2)22-14(3)17(12)18(21)19-10-15-8-6-7-9-16(15)11-20(4)5/h6-9H,10-11H2,1-5H3,(H,19,21). The van der Waals surface area contributed by atoms with Crippen LogP contribution in [0.3, 0.4) is 0 Å². The molecule has 0 saturated carbocycles. The first kappa shape index (κ1) is 16.3. The monoisotopic (exact) mass is 300 g/mol. The Balaban J connectivity index is 2.12. The van der Waals surface area contributed by atoms with Crippen LogP contribution in [0.25, 0.3) is 0 Å². The number of carbonyl (C=O) groups is 1. The van der Waals surface area contributed by atoms with Gasteiger partial charge < -0.3 is 14.6 Å². The first-order chi connectivity index (χ1) is 10.4. The average molecular weight is 300 g/mol. The van der Waals surface area contributed by atoms with Crippen LogP contribution in [0.4, 0.5) is 0 Å². The minimum absolute atomic E-state index is 0.0773. The molecule has 0 bridgehead atoms. The van der Waals surface area contributed by atoms with Gasteiger partial charge in [-0.3, -0.25) is 4.79 Å². The summed E-state index contributed by atoms with van der Waals surface area (Å²) in [5.41, 5.74) is 3.93. The van der Waals surface area contributed by atoms with Crippen molar-refractivity contribution in [1.82, 2.24) is 10.2 Å². The zero-order valence-electron chi connectivity index (χ0n) is 14.0. The molecule has 118 valence electrons. The third-order valence-electron chi connectivity index (χ3n) is 3.83. The molecular weight excluding hydrogens is 276 g/mol. The molecule has 0 spiro atoms. The highest BCUT2D eigenvalue weighted by Gasteiger charge is 2.18. The molecule has 1 aromatic carbocycles. The van der Waals surface area contributed by atoms with E-state index in [1.54, 1.807) is 0 Å². The highest BCUT2D eigenvalue weighted by Crippen LogP contribution is 2.20. The smallest absolute Gasteiger partial charge is 0.255 e. The van der Waals surface area contributed by atoms with Crippen LogP contribution >= 0.6 is 0 Å². The molecule has 0 aliphatic heterocycles. The van der Waals surface area contributed by atoms with E-state index in [9.17, 15) is 4.79 Å². The van der Waals surface area contributed by atoms with Gasteiger partial charge in [-0.05, 0) is 46.0 Å². The molecule has 1 aromatic heterocycles. The fraction of sp³-hybridized carbons (Fsp3) is 0.389. The lowest BCUT2D eigenvalue weighted by Crippen LogP contribution is -2.25. The molecule has 22 heavy (non-hydrogen) atoms. The van der Waals surface area contributed by atoms with E-state index in [1.807, 2.05) is 47.0 Å². The van der Waals surface area contributed by atoms with Crippen LogP contribution < -0.4 is 5.32 Å². The van der Waals surface area contributed by atoms with Gasteiger partial charge in [0.15, 0.2) is 0 Å². The van der Waals surface area contributed by atoms with E-state index >= 15 is 0 Å². The molecule has 0 aliphatic rings. The molecule has 2 aromatic rings. The number of aryl methyl sites for hydroxylation is 2. The molecule has 4 nitrogen and oxygen atoms in total. The Kier molecular flexibility index (Phi) is 5.03. The molecule has 2 rings (SSSR count). The van der Waals surface area contributed by atoms with Crippen LogP contribution in [0.5, 0.6) is 0 Å². The fourth-order valence-electron chi connectivity index (χ4n) is 2.62. The van der Waals surface area contributed by atoms with Crippen molar-refractivity contribution < 1.29 is 9.21 Å². The van der Waals surface area contributed by atoms with Crippen molar-refractivity contribution >= 4 is 5.91 Å². The van der Waals surface area contributed by atoms with Crippen molar-refractivity contribution in [2.75, 3.05) is 14.1 Å². The molecule has 0 fully saturated rings. The topological polar surface area (TPSA) is 45.5 Å². The Morgan fingerprint density at radius 1 is 1.09 bits per heavy atom. The molecule has 0 atom stereocenters. The van der Waals surface area contributed by atoms with Crippen LogP contribution in [0.15, 0.2) is 28.7 Å². The van der Waals surface area contributed by atoms with E-state index in [1.165, 1.54) is 5.56 Å². The fourth-order valence-corrected chi connectivity index (χ4v) is 2.62. The van der Waals surface area contributed by atoms with E-state index in [4.69, 9.17) is 4.42 Å². The normalized spacial score (nSPS) is 11.0. The summed E-state index contributed by atoms with van der Waals surface area (Å²) in [5.74, 6) is 1.40. The van der Waals surface area contributed by atoms with Crippen LogP contribution in [-0.2, 0) is 13.1 Å². The second-order valence-electron chi connectivity index (χ2n) is 5.90. The predicted octanol–water partition coefficient (Wildman–Crippen LogP) is 3.20. The van der Waals surface area contributed by atoms with E-state index in [0.29, 0.717) is 17.9 Å². The van der Waals surface area contributed by atoms with E-state index in [0.717, 1.165) is 23.4 Å². The minimum Gasteiger partial charge on any atom is -0.466 e. The molecule has 0 saturated heterocycles. The number of amides is 1. The molecule has 1 amide bonds. The summed E-state index contributed by atoms with van der Waals surface area (Å²) in [5, 5.41) is 3.01. The zero-order valence-corrected chi connectivity index (χ0v) is 14.0. The Morgan fingerprint density at radius 3 is 2.27 bits per heavy atom. The predicted molar refractivity (Wildman–Crippen MR) is 87.9 cm³/mol. The second-order valence-corrected chi connectivity index (χ2v) is 5.90. The number of carbonyl (C=O) groups excluding carboxylic acids is 1. The average Bonchev–Trinajstić information content (AvgIpc) is 2.70. The van der Waals surface area contributed by atoms with E-state index in [-0.39, 0.29) is 5.91 Å². The summed E-state index contributed by atoms with van der Waals surface area (Å²) in [6.07, 6.45) is 0. The Bertz CT molecular complexity index is 672. The van der Waals surface area contributed by atoms with Crippen LogP contribution in [-0.4, -0.2) is 24.9 Å². The van der Waals surface area contributed by atoms with Crippen LogP contribution in [0, 0.1) is 20.8 Å². The van der Waals surface area contributed by atoms with Gasteiger partial charge in [0.25, 0.3) is 5.91 Å². The number of rotatable bonds is 5. The molecule has 0 radical (unpaired) electrons. The van der Waals surface area contributed by atoms with Crippen molar-refractivity contribution in [3.63, 3.8) is 0 Å². The number of nitrogens with one attached hydrogen (secondary N) is 1. The maximum Gasteiger partial charge on any atom is 0.255 e. The zero-order chi connectivity index (χ0) is 16.3. The summed E-state index contributed by atoms with van der Waals surface area (Å²) in [7, 11) is 4.08. The first-order valence-electron chi connectivity index (χ1n) is 7.46. The largest absolute Gasteiger partial charge is 0.466 e. The van der Waals surface area contributed by atoms with Gasteiger partial charge >= 0.3 is 0 Å². The van der Waals surface area contributed by atoms with Gasteiger partial charge in [-0.2, -0.15) is 0 Å². The highest BCUT2D eigenvalue weighted by molar-refractivity contribution is 5.96. The minimum atomic E-state index is -0.0773. The van der Waals surface area contributed by atoms with Crippen molar-refractivity contribution in [2.24, 2.45) is 0 Å². The summed E-state index contributed by atoms with van der Waals surface area (Å²) < 4.78 is 5.53. The third-order valence-corrected chi connectivity index (χ3v) is 3.83. The van der Waals surface area contributed by atoms with Crippen molar-refractivity contribution in [1.29, 1.82) is 0 Å². The highest BCUT2D eigenvalue weighted by atomic mass is 16.3. The third kappa shape index (κ3) is 3.57. The van der Waals surface area contributed by atoms with Crippen molar-refractivity contribution in [3.05, 3.63) is 58.0 Å². The molecular formula is C18H24N2O2. The lowest BCUT2D eigenvalue weighted by molar-refractivity contribution is 0.0948. The number of benzene rings is 1. The van der Waals surface area contributed by atoms with Gasteiger partial charge in [0, 0.05) is 18.7 Å². The Labute approximate surface area is 132 Å². The number of hydrogen-bond donors (Lipinski definition) is 1. The lowest BCUT2D eigenvalue weighted by atomic mass is 10.1. The first-order valence-corrected chi connectivity index (χ1v) is 7.46. The maximum atomic E-state index is 12.4. The number of furan rings is 1. The molecule has 4 heteroatoms. The molecule has 0 unspecified atom stereocenters. The summed E-state index contributed by atoms with van der Waals surface area (Å²) in [6.45, 7) is 7.00. The number of nitrogens with zero attached hydrogens (tertiary/aromatic N) is 1. The van der Waals surface area contributed by atoms with Crippen LogP contribution in [0.2, 0.25) is 0 Å². The lowest BCUT2D eigenvalue weighted by Gasteiger charge is -2.14. The van der Waals surface area contributed by atoms with Gasteiger partial charge in [0.1, 0.15) is 11.5 Å². The van der Waals surface area contributed by atoms with E-state index < -0.39 is 0 Å². The van der Waals surface area contributed by atoms with Crippen LogP contribution in [0.1, 0.15) is 38.6 Å². The van der Waals surface area contributed by atoms with Crippen molar-refractivity contribution in [3.8, 4) is 0 Å². The molecule has 1 N–H and O–H groups in total. The molecule has 1 heterocycles. The van der Waals surface area contributed by atoms with Crippen molar-refractivity contribution in [2.45, 2.75) is 33.9 Å². The Hall–Kier alpha value is -2.07. The van der Waals surface area contributed by atoms with Gasteiger partial charge in [0.05, 0.1) is 5.56 Å². The SMILES string of the molecule is Cc1oc(C)c(C(=O)NCc2ccccc2CN(C)C)c1C. The Morgan fingerprint density at radius 2 is 1.73 bits per heavy atom. The maximum absolute atomic E-state index is 12.4. The summed E-state index contributed by atoms with van der Waals surface area (Å²) in [6, 6.07) is 8.18. The van der Waals surface area contributed by atoms with Gasteiger partial charge in [0.2, 0.25) is 0 Å². The quantitative estimate of drug-likeness (QED) is 0.922. The summed E-state index contributed by atoms with van der Waals surface area (Å²) in [4.78, 5) is 14.5. The number of hydrogen-bond acceptors (Lipinski definition) is 3.